The molecule has 1 saturated heterocycles. The molecule has 1 aromatic heterocycles. The molecule has 0 unspecified atom stereocenters. The number of esters is 1. The molecule has 0 aromatic carbocycles. The number of hydrogen-bond acceptors (Lipinski definition) is 7. The lowest BCUT2D eigenvalue weighted by Gasteiger charge is -2.33. The van der Waals surface area contributed by atoms with Gasteiger partial charge in [-0.15, -0.1) is 0 Å². The maximum absolute atomic E-state index is 12.6. The van der Waals surface area contributed by atoms with Crippen LogP contribution in [0.2, 0.25) is 0 Å². The van der Waals surface area contributed by atoms with Crippen LogP contribution in [-0.4, -0.2) is 50.9 Å². The second kappa shape index (κ2) is 7.29. The van der Waals surface area contributed by atoms with Crippen molar-refractivity contribution in [2.24, 2.45) is 5.92 Å². The molecule has 1 saturated carbocycles. The van der Waals surface area contributed by atoms with Gasteiger partial charge in [0.2, 0.25) is 0 Å². The number of urea groups is 1. The van der Waals surface area contributed by atoms with Crippen molar-refractivity contribution in [3.05, 3.63) is 23.8 Å². The van der Waals surface area contributed by atoms with Gasteiger partial charge in [-0.1, -0.05) is 6.92 Å². The predicted molar refractivity (Wildman–Crippen MR) is 90.9 cm³/mol. The molecule has 2 fully saturated rings. The zero-order valence-electron chi connectivity index (χ0n) is 15.2. The van der Waals surface area contributed by atoms with Crippen LogP contribution in [-0.2, 0) is 14.3 Å². The molecule has 3 rings (SSSR count). The molecule has 1 spiro atoms. The Labute approximate surface area is 155 Å². The van der Waals surface area contributed by atoms with Crippen molar-refractivity contribution in [2.45, 2.75) is 45.1 Å². The highest BCUT2D eigenvalue weighted by molar-refractivity contribution is 6.08. The molecule has 2 aliphatic rings. The third kappa shape index (κ3) is 3.88. The van der Waals surface area contributed by atoms with Gasteiger partial charge >= 0.3 is 12.0 Å². The maximum atomic E-state index is 12.6. The van der Waals surface area contributed by atoms with E-state index < -0.39 is 36.0 Å². The largest absolute Gasteiger partial charge is 0.451 e. The SMILES string of the molecule is Cc1cnc(C(=O)OCC(=O)NN2C(=O)NC3(CCC(C)CC3)C2=O)cn1. The lowest BCUT2D eigenvalue weighted by atomic mass is 9.77. The van der Waals surface area contributed by atoms with Crippen molar-refractivity contribution in [2.75, 3.05) is 6.61 Å². The van der Waals surface area contributed by atoms with Gasteiger partial charge in [-0.05, 0) is 38.5 Å². The van der Waals surface area contributed by atoms with E-state index in [1.165, 1.54) is 12.4 Å². The van der Waals surface area contributed by atoms with E-state index in [-0.39, 0.29) is 5.69 Å². The van der Waals surface area contributed by atoms with Crippen LogP contribution in [0, 0.1) is 12.8 Å². The Balaban J connectivity index is 1.54. The molecule has 2 N–H and O–H groups in total. The van der Waals surface area contributed by atoms with Gasteiger partial charge < -0.3 is 10.1 Å². The van der Waals surface area contributed by atoms with Crippen molar-refractivity contribution >= 4 is 23.8 Å². The van der Waals surface area contributed by atoms with E-state index in [2.05, 4.69) is 27.6 Å². The van der Waals surface area contributed by atoms with Crippen LogP contribution >= 0.6 is 0 Å². The molecular formula is C17H21N5O5. The molecule has 10 nitrogen and oxygen atoms in total. The normalized spacial score (nSPS) is 24.7. The van der Waals surface area contributed by atoms with Gasteiger partial charge in [-0.25, -0.2) is 14.6 Å². The Morgan fingerprint density at radius 2 is 2.00 bits per heavy atom. The smallest absolute Gasteiger partial charge is 0.359 e. The number of amides is 4. The number of nitrogens with zero attached hydrogens (tertiary/aromatic N) is 3. The van der Waals surface area contributed by atoms with Gasteiger partial charge in [0.1, 0.15) is 5.54 Å². The van der Waals surface area contributed by atoms with Gasteiger partial charge in [0.05, 0.1) is 11.9 Å². The van der Waals surface area contributed by atoms with E-state index in [1.54, 1.807) is 6.92 Å². The van der Waals surface area contributed by atoms with Gasteiger partial charge in [-0.3, -0.25) is 20.0 Å². The first-order chi connectivity index (χ1) is 12.8. The second-order valence-corrected chi connectivity index (χ2v) is 6.99. The highest BCUT2D eigenvalue weighted by atomic mass is 16.5. The van der Waals surface area contributed by atoms with Gasteiger partial charge in [0.15, 0.2) is 12.3 Å². The zero-order valence-corrected chi connectivity index (χ0v) is 15.2. The number of aryl methyl sites for hydroxylation is 1. The zero-order chi connectivity index (χ0) is 19.6. The lowest BCUT2D eigenvalue weighted by Crippen LogP contribution is -2.52. The van der Waals surface area contributed by atoms with Crippen molar-refractivity contribution < 1.29 is 23.9 Å². The summed E-state index contributed by atoms with van der Waals surface area (Å²) in [5.74, 6) is -1.61. The number of hydrogen-bond donors (Lipinski definition) is 2. The number of aromatic nitrogens is 2. The van der Waals surface area contributed by atoms with Crippen LogP contribution in [0.15, 0.2) is 12.4 Å². The summed E-state index contributed by atoms with van der Waals surface area (Å²) in [7, 11) is 0. The summed E-state index contributed by atoms with van der Waals surface area (Å²) in [5.41, 5.74) is 1.83. The summed E-state index contributed by atoms with van der Waals surface area (Å²) in [5, 5.41) is 3.35. The molecule has 0 atom stereocenters. The molecule has 144 valence electrons. The molecule has 0 bridgehead atoms. The fourth-order valence-electron chi connectivity index (χ4n) is 3.18. The van der Waals surface area contributed by atoms with E-state index in [0.717, 1.165) is 12.8 Å². The minimum absolute atomic E-state index is 0.0429. The Morgan fingerprint density at radius 3 is 2.63 bits per heavy atom. The Bertz CT molecular complexity index is 770. The summed E-state index contributed by atoms with van der Waals surface area (Å²) in [6, 6.07) is -0.682. The topological polar surface area (TPSA) is 131 Å². The Morgan fingerprint density at radius 1 is 1.30 bits per heavy atom. The summed E-state index contributed by atoms with van der Waals surface area (Å²) >= 11 is 0. The van der Waals surface area contributed by atoms with Gasteiger partial charge in [-0.2, -0.15) is 5.01 Å². The molecule has 4 amide bonds. The number of hydrazine groups is 1. The van der Waals surface area contributed by atoms with E-state index in [1.807, 2.05) is 0 Å². The number of carbonyl (C=O) groups is 4. The van der Waals surface area contributed by atoms with Crippen molar-refractivity contribution in [1.82, 2.24) is 25.7 Å². The highest BCUT2D eigenvalue weighted by Crippen LogP contribution is 2.35. The van der Waals surface area contributed by atoms with Crippen LogP contribution in [0.25, 0.3) is 0 Å². The molecular weight excluding hydrogens is 354 g/mol. The number of rotatable bonds is 4. The lowest BCUT2D eigenvalue weighted by molar-refractivity contribution is -0.141. The molecule has 10 heteroatoms. The maximum Gasteiger partial charge on any atom is 0.359 e. The molecule has 2 heterocycles. The number of ether oxygens (including phenoxy) is 1. The number of imide groups is 1. The first kappa shape index (κ1) is 18.7. The molecule has 1 aliphatic carbocycles. The summed E-state index contributed by atoms with van der Waals surface area (Å²) in [4.78, 5) is 56.4. The van der Waals surface area contributed by atoms with Crippen molar-refractivity contribution in [3.63, 3.8) is 0 Å². The standard InChI is InChI=1S/C17H21N5O5/c1-10-3-5-17(6-4-10)15(25)22(16(26)20-17)21-13(23)9-27-14(24)12-8-18-11(2)7-19-12/h7-8,10H,3-6,9H2,1-2H3,(H,20,26)(H,21,23). The minimum atomic E-state index is -0.953. The van der Waals surface area contributed by atoms with E-state index in [4.69, 9.17) is 4.74 Å². The minimum Gasteiger partial charge on any atom is -0.451 e. The van der Waals surface area contributed by atoms with Crippen LogP contribution in [0.4, 0.5) is 4.79 Å². The Kier molecular flexibility index (Phi) is 5.06. The quantitative estimate of drug-likeness (QED) is 0.578. The monoisotopic (exact) mass is 375 g/mol. The number of nitrogens with one attached hydrogen (secondary N) is 2. The first-order valence-corrected chi connectivity index (χ1v) is 8.73. The molecule has 1 aromatic rings. The van der Waals surface area contributed by atoms with Crippen molar-refractivity contribution in [1.29, 1.82) is 0 Å². The van der Waals surface area contributed by atoms with E-state index in [0.29, 0.717) is 29.5 Å². The average Bonchev–Trinajstić information content (AvgIpc) is 2.87. The fourth-order valence-corrected chi connectivity index (χ4v) is 3.18. The van der Waals surface area contributed by atoms with Gasteiger partial charge in [0, 0.05) is 6.20 Å². The van der Waals surface area contributed by atoms with E-state index >= 15 is 0 Å². The first-order valence-electron chi connectivity index (χ1n) is 8.73. The predicted octanol–water partition coefficient (Wildman–Crippen LogP) is 0.474. The summed E-state index contributed by atoms with van der Waals surface area (Å²) < 4.78 is 4.84. The third-order valence-electron chi connectivity index (χ3n) is 4.85. The van der Waals surface area contributed by atoms with Crippen LogP contribution < -0.4 is 10.7 Å². The molecule has 0 radical (unpaired) electrons. The second-order valence-electron chi connectivity index (χ2n) is 6.99. The fraction of sp³-hybridized carbons (Fsp3) is 0.529. The van der Waals surface area contributed by atoms with Crippen LogP contribution in [0.3, 0.4) is 0 Å². The average molecular weight is 375 g/mol. The molecule has 1 aliphatic heterocycles. The number of carbonyl (C=O) groups excluding carboxylic acids is 4. The molecule has 27 heavy (non-hydrogen) atoms. The third-order valence-corrected chi connectivity index (χ3v) is 4.85. The van der Waals surface area contributed by atoms with Crippen LogP contribution in [0.1, 0.15) is 48.8 Å². The van der Waals surface area contributed by atoms with Gasteiger partial charge in [0.25, 0.3) is 11.8 Å². The Hall–Kier alpha value is -3.04. The highest BCUT2D eigenvalue weighted by Gasteiger charge is 2.52. The van der Waals surface area contributed by atoms with Crippen molar-refractivity contribution in [3.8, 4) is 0 Å². The van der Waals surface area contributed by atoms with Crippen LogP contribution in [0.5, 0.6) is 0 Å². The summed E-state index contributed by atoms with van der Waals surface area (Å²) in [6.07, 6.45) is 5.35. The summed E-state index contributed by atoms with van der Waals surface area (Å²) in [6.45, 7) is 3.16. The van der Waals surface area contributed by atoms with E-state index in [9.17, 15) is 19.2 Å².